The lowest BCUT2D eigenvalue weighted by atomic mass is 10.1. The number of nitrogens with one attached hydrogen (secondary N) is 1. The molecule has 0 bridgehead atoms. The number of hydrogen-bond donors (Lipinski definition) is 1. The molecular weight excluding hydrogens is 288 g/mol. The molecule has 1 aromatic heterocycles. The van der Waals surface area contributed by atoms with Gasteiger partial charge in [0.2, 0.25) is 11.6 Å². The van der Waals surface area contributed by atoms with E-state index in [1.165, 1.54) is 13.2 Å². The molecule has 1 N–H and O–H groups in total. The van der Waals surface area contributed by atoms with Gasteiger partial charge in [0.05, 0.1) is 6.10 Å². The highest BCUT2D eigenvalue weighted by Crippen LogP contribution is 2.27. The van der Waals surface area contributed by atoms with E-state index in [1.807, 2.05) is 0 Å². The predicted octanol–water partition coefficient (Wildman–Crippen LogP) is 4.09. The molecule has 0 aliphatic heterocycles. The molecule has 7 heteroatoms. The van der Waals surface area contributed by atoms with E-state index in [1.54, 1.807) is 25.1 Å². The molecule has 112 valence electrons. The lowest BCUT2D eigenvalue weighted by molar-refractivity contribution is 0.119. The molecule has 1 heterocycles. The number of aromatic nitrogens is 1. The number of ether oxygens (including phenoxy) is 1. The van der Waals surface area contributed by atoms with E-state index >= 15 is 0 Å². The smallest absolute Gasteiger partial charge is 0.253 e. The van der Waals surface area contributed by atoms with Crippen LogP contribution in [-0.4, -0.2) is 12.1 Å². The third-order valence-corrected chi connectivity index (χ3v) is 2.98. The number of anilines is 2. The van der Waals surface area contributed by atoms with Crippen molar-refractivity contribution in [3.05, 3.63) is 53.4 Å². The van der Waals surface area contributed by atoms with Crippen LogP contribution in [-0.2, 0) is 4.74 Å². The molecule has 2 rings (SSSR count). The van der Waals surface area contributed by atoms with Gasteiger partial charge >= 0.3 is 0 Å². The summed E-state index contributed by atoms with van der Waals surface area (Å²) in [6, 6.07) is 6.43. The molecule has 3 nitrogen and oxygen atoms in total. The zero-order chi connectivity index (χ0) is 15.6. The maximum absolute atomic E-state index is 13.5. The summed E-state index contributed by atoms with van der Waals surface area (Å²) in [5, 5.41) is 2.32. The molecule has 0 fully saturated rings. The summed E-state index contributed by atoms with van der Waals surface area (Å²) in [6.45, 7) is 1.78. The minimum atomic E-state index is -1.71. The molecule has 1 unspecified atom stereocenters. The first-order chi connectivity index (χ1) is 9.93. The van der Waals surface area contributed by atoms with Gasteiger partial charge in [0.25, 0.3) is 11.9 Å². The van der Waals surface area contributed by atoms with Crippen molar-refractivity contribution >= 4 is 11.4 Å². The van der Waals surface area contributed by atoms with Crippen LogP contribution < -0.4 is 5.32 Å². The van der Waals surface area contributed by atoms with E-state index in [4.69, 9.17) is 4.74 Å². The van der Waals surface area contributed by atoms with E-state index in [-0.39, 0.29) is 11.8 Å². The SMILES string of the molecule is COC(C)c1cccc(Nc2c(F)c(F)nc(F)c2F)c1. The van der Waals surface area contributed by atoms with Gasteiger partial charge in [0.15, 0.2) is 0 Å². The first kappa shape index (κ1) is 15.2. The fourth-order valence-electron chi connectivity index (χ4n) is 1.75. The Balaban J connectivity index is 2.39. The van der Waals surface area contributed by atoms with Crippen molar-refractivity contribution < 1.29 is 22.3 Å². The number of benzene rings is 1. The maximum Gasteiger partial charge on any atom is 0.253 e. The topological polar surface area (TPSA) is 34.1 Å². The normalized spacial score (nSPS) is 12.3. The average molecular weight is 300 g/mol. The van der Waals surface area contributed by atoms with Crippen LogP contribution in [0.5, 0.6) is 0 Å². The Kier molecular flexibility index (Phi) is 4.42. The van der Waals surface area contributed by atoms with Gasteiger partial charge in [0.1, 0.15) is 5.69 Å². The van der Waals surface area contributed by atoms with E-state index in [0.29, 0.717) is 0 Å². The first-order valence-electron chi connectivity index (χ1n) is 6.03. The lowest BCUT2D eigenvalue weighted by Gasteiger charge is -2.13. The number of pyridine rings is 1. The molecule has 0 spiro atoms. The predicted molar refractivity (Wildman–Crippen MR) is 69.2 cm³/mol. The third-order valence-electron chi connectivity index (χ3n) is 2.98. The summed E-state index contributed by atoms with van der Waals surface area (Å²) in [4.78, 5) is 2.49. The van der Waals surface area contributed by atoms with Crippen LogP contribution in [0.2, 0.25) is 0 Å². The molecule has 0 aliphatic carbocycles. The molecule has 0 radical (unpaired) electrons. The van der Waals surface area contributed by atoms with Crippen molar-refractivity contribution in [3.63, 3.8) is 0 Å². The quantitative estimate of drug-likeness (QED) is 0.682. The van der Waals surface area contributed by atoms with E-state index in [0.717, 1.165) is 5.56 Å². The van der Waals surface area contributed by atoms with Crippen LogP contribution in [0.1, 0.15) is 18.6 Å². The summed E-state index contributed by atoms with van der Waals surface area (Å²) in [6.07, 6.45) is -0.243. The monoisotopic (exact) mass is 300 g/mol. The van der Waals surface area contributed by atoms with Crippen molar-refractivity contribution in [1.29, 1.82) is 0 Å². The minimum Gasteiger partial charge on any atom is -0.377 e. The van der Waals surface area contributed by atoms with Gasteiger partial charge in [-0.2, -0.15) is 22.5 Å². The van der Waals surface area contributed by atoms with Crippen molar-refractivity contribution in [2.24, 2.45) is 0 Å². The number of hydrogen-bond acceptors (Lipinski definition) is 3. The van der Waals surface area contributed by atoms with Gasteiger partial charge in [-0.3, -0.25) is 0 Å². The van der Waals surface area contributed by atoms with E-state index in [9.17, 15) is 17.6 Å². The molecule has 2 aromatic rings. The van der Waals surface area contributed by atoms with E-state index in [2.05, 4.69) is 10.3 Å². The second kappa shape index (κ2) is 6.09. The number of nitrogens with zero attached hydrogens (tertiary/aromatic N) is 1. The lowest BCUT2D eigenvalue weighted by Crippen LogP contribution is -2.06. The summed E-state index contributed by atoms with van der Waals surface area (Å²) in [7, 11) is 1.51. The Bertz CT molecular complexity index is 637. The minimum absolute atomic E-state index is 0.243. The standard InChI is InChI=1S/C14H12F4N2O/c1-7(21-2)8-4-3-5-9(6-8)19-12-10(15)13(17)20-14(18)11(12)16/h3-7H,1-2H3,(H,19,20). The second-order valence-corrected chi connectivity index (χ2v) is 4.32. The van der Waals surface area contributed by atoms with Crippen molar-refractivity contribution in [3.8, 4) is 0 Å². The van der Waals surface area contributed by atoms with Crippen LogP contribution in [0.15, 0.2) is 24.3 Å². The Morgan fingerprint density at radius 2 is 1.71 bits per heavy atom. The van der Waals surface area contributed by atoms with Gasteiger partial charge < -0.3 is 10.1 Å². The fourth-order valence-corrected chi connectivity index (χ4v) is 1.75. The van der Waals surface area contributed by atoms with Crippen LogP contribution in [0.4, 0.5) is 28.9 Å². The molecule has 0 saturated carbocycles. The third kappa shape index (κ3) is 3.13. The van der Waals surface area contributed by atoms with Crippen LogP contribution in [0.3, 0.4) is 0 Å². The Labute approximate surface area is 118 Å². The molecular formula is C14H12F4N2O. The molecule has 0 saturated heterocycles. The molecule has 0 aliphatic rings. The van der Waals surface area contributed by atoms with Crippen molar-refractivity contribution in [2.45, 2.75) is 13.0 Å². The number of rotatable bonds is 4. The number of methoxy groups -OCH3 is 1. The fraction of sp³-hybridized carbons (Fsp3) is 0.214. The molecule has 1 aromatic carbocycles. The van der Waals surface area contributed by atoms with Gasteiger partial charge in [0, 0.05) is 12.8 Å². The second-order valence-electron chi connectivity index (χ2n) is 4.32. The first-order valence-corrected chi connectivity index (χ1v) is 6.03. The zero-order valence-corrected chi connectivity index (χ0v) is 11.3. The van der Waals surface area contributed by atoms with Crippen molar-refractivity contribution in [2.75, 3.05) is 12.4 Å². The van der Waals surface area contributed by atoms with Crippen LogP contribution in [0.25, 0.3) is 0 Å². The zero-order valence-electron chi connectivity index (χ0n) is 11.3. The molecule has 21 heavy (non-hydrogen) atoms. The Hall–Kier alpha value is -2.15. The molecule has 1 atom stereocenters. The van der Waals surface area contributed by atoms with Gasteiger partial charge in [-0.1, -0.05) is 12.1 Å². The summed E-state index contributed by atoms with van der Waals surface area (Å²) in [5.74, 6) is -6.59. The Morgan fingerprint density at radius 1 is 1.10 bits per heavy atom. The van der Waals surface area contributed by atoms with Crippen molar-refractivity contribution in [1.82, 2.24) is 4.98 Å². The van der Waals surface area contributed by atoms with Crippen LogP contribution >= 0.6 is 0 Å². The summed E-state index contributed by atoms with van der Waals surface area (Å²) in [5.41, 5.74) is 0.0692. The van der Waals surface area contributed by atoms with Gasteiger partial charge in [-0.15, -0.1) is 0 Å². The summed E-state index contributed by atoms with van der Waals surface area (Å²) >= 11 is 0. The van der Waals surface area contributed by atoms with E-state index < -0.39 is 29.2 Å². The molecule has 0 amide bonds. The average Bonchev–Trinajstić information content (AvgIpc) is 2.49. The largest absolute Gasteiger partial charge is 0.377 e. The Morgan fingerprint density at radius 3 is 2.29 bits per heavy atom. The van der Waals surface area contributed by atoms with Crippen LogP contribution in [0, 0.1) is 23.5 Å². The highest BCUT2D eigenvalue weighted by atomic mass is 19.2. The highest BCUT2D eigenvalue weighted by molar-refractivity contribution is 5.61. The maximum atomic E-state index is 13.5. The highest BCUT2D eigenvalue weighted by Gasteiger charge is 2.21. The summed E-state index contributed by atoms with van der Waals surface area (Å²) < 4.78 is 58.2. The van der Waals surface area contributed by atoms with Gasteiger partial charge in [-0.05, 0) is 24.6 Å². The number of halogens is 4. The van der Waals surface area contributed by atoms with Gasteiger partial charge in [-0.25, -0.2) is 0 Å².